The quantitative estimate of drug-likeness (QED) is 0.217. The van der Waals surface area contributed by atoms with Gasteiger partial charge >= 0.3 is 5.91 Å². The molecule has 1 aliphatic heterocycles. The van der Waals surface area contributed by atoms with E-state index in [1.165, 1.54) is 5.56 Å². The second kappa shape index (κ2) is 10.8. The van der Waals surface area contributed by atoms with Gasteiger partial charge in [-0.15, -0.1) is 0 Å². The molecule has 188 valence electrons. The van der Waals surface area contributed by atoms with Crippen LogP contribution in [0.2, 0.25) is 10.0 Å². The number of halogens is 3. The van der Waals surface area contributed by atoms with E-state index in [0.29, 0.717) is 51.6 Å². The zero-order chi connectivity index (χ0) is 26.1. The molecule has 0 aliphatic carbocycles. The molecule has 1 fully saturated rings. The standard InChI is InChI=1S/C29H23BrCl2N2O3/c1-17(35)18-2-4-19(5-3-18)20-12-14-34(15-13-20)29(36)28-33-26(24-11-10-23(31)16-25(24)32)27(37-28)21-6-8-22(30)9-7-21/h2-11,16,20H,12-15H2,1H3. The van der Waals surface area contributed by atoms with Gasteiger partial charge in [0.1, 0.15) is 5.69 Å². The molecule has 3 aromatic carbocycles. The van der Waals surface area contributed by atoms with Crippen LogP contribution in [0.3, 0.4) is 0 Å². The van der Waals surface area contributed by atoms with E-state index in [9.17, 15) is 9.59 Å². The number of hydrogen-bond acceptors (Lipinski definition) is 4. The van der Waals surface area contributed by atoms with Crippen molar-refractivity contribution in [1.29, 1.82) is 0 Å². The molecule has 0 saturated carbocycles. The molecule has 1 aliphatic rings. The van der Waals surface area contributed by atoms with Crippen molar-refractivity contribution in [2.75, 3.05) is 13.1 Å². The summed E-state index contributed by atoms with van der Waals surface area (Å²) in [5.41, 5.74) is 3.81. The number of nitrogens with zero attached hydrogens (tertiary/aromatic N) is 2. The predicted octanol–water partition coefficient (Wildman–Crippen LogP) is 8.30. The summed E-state index contributed by atoms with van der Waals surface area (Å²) in [7, 11) is 0. The maximum absolute atomic E-state index is 13.5. The fourth-order valence-corrected chi connectivity index (χ4v) is 5.38. The Bertz CT molecular complexity index is 1460. The van der Waals surface area contributed by atoms with Crippen LogP contribution in [0.5, 0.6) is 0 Å². The van der Waals surface area contributed by atoms with Crippen LogP contribution in [0.4, 0.5) is 0 Å². The number of carbonyl (C=O) groups is 2. The van der Waals surface area contributed by atoms with Gasteiger partial charge in [-0.05, 0) is 61.6 Å². The van der Waals surface area contributed by atoms with Crippen molar-refractivity contribution in [3.05, 3.63) is 98.3 Å². The van der Waals surface area contributed by atoms with E-state index >= 15 is 0 Å². The lowest BCUT2D eigenvalue weighted by Gasteiger charge is -2.31. The molecular weight excluding hydrogens is 575 g/mol. The average molecular weight is 598 g/mol. The van der Waals surface area contributed by atoms with Crippen molar-refractivity contribution in [3.63, 3.8) is 0 Å². The van der Waals surface area contributed by atoms with Crippen LogP contribution >= 0.6 is 39.1 Å². The summed E-state index contributed by atoms with van der Waals surface area (Å²) in [6.07, 6.45) is 1.64. The number of oxazole rings is 1. The fourth-order valence-electron chi connectivity index (χ4n) is 4.61. The highest BCUT2D eigenvalue weighted by Crippen LogP contribution is 2.38. The Kier molecular flexibility index (Phi) is 7.52. The van der Waals surface area contributed by atoms with Gasteiger partial charge in [0.2, 0.25) is 0 Å². The summed E-state index contributed by atoms with van der Waals surface area (Å²) >= 11 is 16.1. The largest absolute Gasteiger partial charge is 0.432 e. The number of Topliss-reactive ketones (excluding diaryl/α,β-unsaturated/α-hetero) is 1. The first-order chi connectivity index (χ1) is 17.8. The Labute approximate surface area is 233 Å². The molecule has 2 heterocycles. The third-order valence-corrected chi connectivity index (χ3v) is 7.75. The number of rotatable bonds is 5. The number of benzene rings is 3. The highest BCUT2D eigenvalue weighted by atomic mass is 79.9. The Balaban J connectivity index is 1.39. The van der Waals surface area contributed by atoms with Gasteiger partial charge in [-0.3, -0.25) is 9.59 Å². The summed E-state index contributed by atoms with van der Waals surface area (Å²) in [6.45, 7) is 2.74. The first-order valence-corrected chi connectivity index (χ1v) is 13.5. The van der Waals surface area contributed by atoms with Gasteiger partial charge in [0.15, 0.2) is 11.5 Å². The van der Waals surface area contributed by atoms with Crippen LogP contribution < -0.4 is 0 Å². The zero-order valence-electron chi connectivity index (χ0n) is 20.0. The van der Waals surface area contributed by atoms with E-state index in [-0.39, 0.29) is 17.6 Å². The number of ketones is 1. The number of piperidine rings is 1. The summed E-state index contributed by atoms with van der Waals surface area (Å²) < 4.78 is 7.03. The summed E-state index contributed by atoms with van der Waals surface area (Å²) in [4.78, 5) is 31.4. The molecule has 1 amide bonds. The molecule has 5 nitrogen and oxygen atoms in total. The maximum atomic E-state index is 13.5. The van der Waals surface area contributed by atoms with Gasteiger partial charge in [-0.2, -0.15) is 0 Å². The van der Waals surface area contributed by atoms with Crippen molar-refractivity contribution < 1.29 is 14.0 Å². The first kappa shape index (κ1) is 25.7. The van der Waals surface area contributed by atoms with Gasteiger partial charge < -0.3 is 9.32 Å². The Hall–Kier alpha value is -2.93. The van der Waals surface area contributed by atoms with Gasteiger partial charge in [0.25, 0.3) is 5.89 Å². The molecular formula is C29H23BrCl2N2O3. The zero-order valence-corrected chi connectivity index (χ0v) is 23.1. The molecule has 8 heteroatoms. The van der Waals surface area contributed by atoms with Crippen LogP contribution in [0.25, 0.3) is 22.6 Å². The lowest BCUT2D eigenvalue weighted by molar-refractivity contribution is 0.0673. The number of aromatic nitrogens is 1. The minimum atomic E-state index is -0.250. The van der Waals surface area contributed by atoms with Gasteiger partial charge in [0, 0.05) is 39.3 Å². The SMILES string of the molecule is CC(=O)c1ccc(C2CCN(C(=O)c3nc(-c4ccc(Cl)cc4Cl)c(-c4ccc(Br)cc4)o3)CC2)cc1. The van der Waals surface area contributed by atoms with E-state index in [0.717, 1.165) is 22.9 Å². The molecule has 1 saturated heterocycles. The van der Waals surface area contributed by atoms with Crippen LogP contribution in [0.15, 0.2) is 75.6 Å². The molecule has 0 N–H and O–H groups in total. The normalized spacial score (nSPS) is 14.1. The topological polar surface area (TPSA) is 63.4 Å². The van der Waals surface area contributed by atoms with E-state index in [1.807, 2.05) is 48.5 Å². The molecule has 5 rings (SSSR count). The average Bonchev–Trinajstić information content (AvgIpc) is 3.34. The van der Waals surface area contributed by atoms with Crippen LogP contribution in [-0.2, 0) is 0 Å². The minimum Gasteiger partial charge on any atom is -0.432 e. The van der Waals surface area contributed by atoms with Gasteiger partial charge in [-0.25, -0.2) is 4.98 Å². The highest BCUT2D eigenvalue weighted by Gasteiger charge is 2.29. The lowest BCUT2D eigenvalue weighted by Crippen LogP contribution is -2.38. The van der Waals surface area contributed by atoms with E-state index in [4.69, 9.17) is 27.6 Å². The smallest absolute Gasteiger partial charge is 0.309 e. The van der Waals surface area contributed by atoms with Crippen molar-refractivity contribution in [1.82, 2.24) is 9.88 Å². The third kappa shape index (κ3) is 5.52. The Morgan fingerprint density at radius 2 is 1.65 bits per heavy atom. The lowest BCUT2D eigenvalue weighted by atomic mass is 9.89. The first-order valence-electron chi connectivity index (χ1n) is 11.9. The van der Waals surface area contributed by atoms with Crippen molar-refractivity contribution in [3.8, 4) is 22.6 Å². The molecule has 37 heavy (non-hydrogen) atoms. The third-order valence-electron chi connectivity index (χ3n) is 6.67. The monoisotopic (exact) mass is 596 g/mol. The number of likely N-dealkylation sites (tertiary alicyclic amines) is 1. The Morgan fingerprint density at radius 3 is 2.27 bits per heavy atom. The van der Waals surface area contributed by atoms with Gasteiger partial charge in [-0.1, -0.05) is 75.5 Å². The maximum Gasteiger partial charge on any atom is 0.309 e. The molecule has 0 spiro atoms. The summed E-state index contributed by atoms with van der Waals surface area (Å²) in [5, 5.41) is 0.937. The van der Waals surface area contributed by atoms with Crippen molar-refractivity contribution in [2.45, 2.75) is 25.7 Å². The van der Waals surface area contributed by atoms with Crippen molar-refractivity contribution >= 4 is 50.8 Å². The highest BCUT2D eigenvalue weighted by molar-refractivity contribution is 9.10. The van der Waals surface area contributed by atoms with Crippen LogP contribution in [-0.4, -0.2) is 34.7 Å². The van der Waals surface area contributed by atoms with Crippen LogP contribution in [0, 0.1) is 0 Å². The summed E-state index contributed by atoms with van der Waals surface area (Å²) in [6, 6.07) is 20.5. The molecule has 0 bridgehead atoms. The van der Waals surface area contributed by atoms with E-state index in [1.54, 1.807) is 30.0 Å². The number of hydrogen-bond donors (Lipinski definition) is 0. The molecule has 0 radical (unpaired) electrons. The van der Waals surface area contributed by atoms with E-state index in [2.05, 4.69) is 20.9 Å². The molecule has 0 unspecified atom stereocenters. The van der Waals surface area contributed by atoms with Crippen LogP contribution in [0.1, 0.15) is 52.3 Å². The van der Waals surface area contributed by atoms with Crippen molar-refractivity contribution in [2.24, 2.45) is 0 Å². The van der Waals surface area contributed by atoms with Gasteiger partial charge in [0.05, 0.1) is 5.02 Å². The summed E-state index contributed by atoms with van der Waals surface area (Å²) in [5.74, 6) is 0.639. The van der Waals surface area contributed by atoms with E-state index < -0.39 is 0 Å². The Morgan fingerprint density at radius 1 is 0.973 bits per heavy atom. The number of amides is 1. The molecule has 4 aromatic rings. The minimum absolute atomic E-state index is 0.0307. The molecule has 0 atom stereocenters. The fraction of sp³-hybridized carbons (Fsp3) is 0.207. The predicted molar refractivity (Wildman–Crippen MR) is 149 cm³/mol. The second-order valence-electron chi connectivity index (χ2n) is 9.07. The second-order valence-corrected chi connectivity index (χ2v) is 10.8. The molecule has 1 aromatic heterocycles. The number of carbonyl (C=O) groups excluding carboxylic acids is 2.